The lowest BCUT2D eigenvalue weighted by Crippen LogP contribution is -2.51. The van der Waals surface area contributed by atoms with Gasteiger partial charge >= 0.3 is 12.1 Å². The normalized spacial score (nSPS) is 27.6. The van der Waals surface area contributed by atoms with Gasteiger partial charge in [0.15, 0.2) is 0 Å². The Morgan fingerprint density at radius 1 is 1.35 bits per heavy atom. The van der Waals surface area contributed by atoms with Gasteiger partial charge in [0.05, 0.1) is 0 Å². The molecule has 2 aliphatic rings. The van der Waals surface area contributed by atoms with E-state index in [1.54, 1.807) is 0 Å². The standard InChI is InChI=1S/C15H17NO4/c17-13(18)15-9-12(15)7-4-8-16(15)14(19)20-10-11-5-2-1-3-6-11/h1-3,5-6,12H,4,7-10H2,(H,17,18)/t12-,15+/m0/s1. The van der Waals surface area contributed by atoms with Gasteiger partial charge in [-0.1, -0.05) is 30.3 Å². The van der Waals surface area contributed by atoms with E-state index in [4.69, 9.17) is 4.74 Å². The molecule has 1 aliphatic heterocycles. The molecule has 106 valence electrons. The van der Waals surface area contributed by atoms with Gasteiger partial charge in [-0.2, -0.15) is 0 Å². The van der Waals surface area contributed by atoms with E-state index in [0.29, 0.717) is 13.0 Å². The van der Waals surface area contributed by atoms with E-state index >= 15 is 0 Å². The largest absolute Gasteiger partial charge is 0.479 e. The number of ether oxygens (including phenoxy) is 1. The summed E-state index contributed by atoms with van der Waals surface area (Å²) in [5.74, 6) is -0.808. The van der Waals surface area contributed by atoms with Crippen molar-refractivity contribution in [1.29, 1.82) is 0 Å². The highest BCUT2D eigenvalue weighted by molar-refractivity contribution is 5.88. The molecule has 1 saturated heterocycles. The number of aliphatic carboxylic acids is 1. The zero-order chi connectivity index (χ0) is 14.2. The van der Waals surface area contributed by atoms with Crippen LogP contribution in [0.2, 0.25) is 0 Å². The van der Waals surface area contributed by atoms with Crippen LogP contribution in [0.3, 0.4) is 0 Å². The zero-order valence-electron chi connectivity index (χ0n) is 11.1. The maximum Gasteiger partial charge on any atom is 0.411 e. The lowest BCUT2D eigenvalue weighted by Gasteiger charge is -2.32. The number of carbonyl (C=O) groups excluding carboxylic acids is 1. The number of carboxylic acids is 1. The maximum atomic E-state index is 12.2. The summed E-state index contributed by atoms with van der Waals surface area (Å²) < 4.78 is 5.26. The molecule has 20 heavy (non-hydrogen) atoms. The second-order valence-corrected chi connectivity index (χ2v) is 5.46. The summed E-state index contributed by atoms with van der Waals surface area (Å²) in [4.78, 5) is 25.0. The summed E-state index contributed by atoms with van der Waals surface area (Å²) in [5.41, 5.74) is -0.0963. The highest BCUT2D eigenvalue weighted by atomic mass is 16.6. The molecule has 1 aromatic carbocycles. The number of fused-ring (bicyclic) bond motifs is 1. The van der Waals surface area contributed by atoms with Gasteiger partial charge in [-0.15, -0.1) is 0 Å². The number of rotatable bonds is 3. The average molecular weight is 275 g/mol. The molecular weight excluding hydrogens is 258 g/mol. The molecule has 5 nitrogen and oxygen atoms in total. The van der Waals surface area contributed by atoms with Crippen molar-refractivity contribution in [2.24, 2.45) is 5.92 Å². The smallest absolute Gasteiger partial charge is 0.411 e. The summed E-state index contributed by atoms with van der Waals surface area (Å²) in [6, 6.07) is 9.39. The van der Waals surface area contributed by atoms with Crippen molar-refractivity contribution in [2.45, 2.75) is 31.4 Å². The van der Waals surface area contributed by atoms with Crippen molar-refractivity contribution in [1.82, 2.24) is 4.90 Å². The molecule has 0 unspecified atom stereocenters. The zero-order valence-corrected chi connectivity index (χ0v) is 11.1. The van der Waals surface area contributed by atoms with E-state index in [1.165, 1.54) is 4.90 Å². The quantitative estimate of drug-likeness (QED) is 0.918. The molecule has 3 rings (SSSR count). The van der Waals surface area contributed by atoms with Gasteiger partial charge in [0.2, 0.25) is 0 Å². The number of carboxylic acid groups (broad SMARTS) is 1. The van der Waals surface area contributed by atoms with Crippen LogP contribution < -0.4 is 0 Å². The first-order chi connectivity index (χ1) is 9.64. The van der Waals surface area contributed by atoms with Crippen LogP contribution in [0.15, 0.2) is 30.3 Å². The van der Waals surface area contributed by atoms with Crippen molar-refractivity contribution in [3.8, 4) is 0 Å². The van der Waals surface area contributed by atoms with Gasteiger partial charge in [-0.25, -0.2) is 9.59 Å². The van der Waals surface area contributed by atoms with Crippen molar-refractivity contribution in [3.05, 3.63) is 35.9 Å². The fourth-order valence-electron chi connectivity index (χ4n) is 3.11. The molecule has 0 radical (unpaired) electrons. The Hall–Kier alpha value is -2.04. The Morgan fingerprint density at radius 3 is 2.80 bits per heavy atom. The van der Waals surface area contributed by atoms with E-state index in [9.17, 15) is 14.7 Å². The number of carbonyl (C=O) groups is 2. The third-order valence-electron chi connectivity index (χ3n) is 4.28. The third kappa shape index (κ3) is 2.03. The number of piperidine rings is 1. The predicted octanol–water partition coefficient (Wildman–Crippen LogP) is 2.26. The lowest BCUT2D eigenvalue weighted by molar-refractivity contribution is -0.146. The molecule has 1 heterocycles. The molecule has 0 spiro atoms. The first-order valence-corrected chi connectivity index (χ1v) is 6.86. The van der Waals surface area contributed by atoms with Crippen LogP contribution in [0.25, 0.3) is 0 Å². The Bertz CT molecular complexity index is 530. The van der Waals surface area contributed by atoms with Gasteiger partial charge in [-0.05, 0) is 30.7 Å². The summed E-state index contributed by atoms with van der Waals surface area (Å²) in [6.07, 6.45) is 1.77. The van der Waals surface area contributed by atoms with E-state index in [2.05, 4.69) is 0 Å². The number of amides is 1. The summed E-state index contributed by atoms with van der Waals surface area (Å²) in [5, 5.41) is 9.39. The van der Waals surface area contributed by atoms with Crippen LogP contribution in [0.1, 0.15) is 24.8 Å². The van der Waals surface area contributed by atoms with Gasteiger partial charge in [-0.3, -0.25) is 4.90 Å². The molecule has 1 aromatic rings. The Kier molecular flexibility index (Phi) is 3.12. The first-order valence-electron chi connectivity index (χ1n) is 6.86. The van der Waals surface area contributed by atoms with Crippen LogP contribution in [0.5, 0.6) is 0 Å². The van der Waals surface area contributed by atoms with Crippen molar-refractivity contribution >= 4 is 12.1 Å². The second-order valence-electron chi connectivity index (χ2n) is 5.46. The van der Waals surface area contributed by atoms with E-state index in [1.807, 2.05) is 30.3 Å². The van der Waals surface area contributed by atoms with Gasteiger partial charge in [0.1, 0.15) is 12.1 Å². The van der Waals surface area contributed by atoms with Gasteiger partial charge < -0.3 is 9.84 Å². The van der Waals surface area contributed by atoms with Crippen molar-refractivity contribution < 1.29 is 19.4 Å². The molecule has 1 aliphatic carbocycles. The van der Waals surface area contributed by atoms with Crippen LogP contribution in [0.4, 0.5) is 4.79 Å². The van der Waals surface area contributed by atoms with Gasteiger partial charge in [0.25, 0.3) is 0 Å². The molecule has 1 N–H and O–H groups in total. The maximum absolute atomic E-state index is 12.2. The Balaban J connectivity index is 1.66. The van der Waals surface area contributed by atoms with Crippen molar-refractivity contribution in [3.63, 3.8) is 0 Å². The van der Waals surface area contributed by atoms with E-state index in [0.717, 1.165) is 18.4 Å². The van der Waals surface area contributed by atoms with E-state index < -0.39 is 17.6 Å². The summed E-state index contributed by atoms with van der Waals surface area (Å²) >= 11 is 0. The lowest BCUT2D eigenvalue weighted by atomic mass is 10.0. The summed E-state index contributed by atoms with van der Waals surface area (Å²) in [7, 11) is 0. The van der Waals surface area contributed by atoms with E-state index in [-0.39, 0.29) is 12.5 Å². The summed E-state index contributed by atoms with van der Waals surface area (Å²) in [6.45, 7) is 0.646. The SMILES string of the molecule is O=C(OCc1ccccc1)N1CCC[C@H]2C[C@]21C(=O)O. The molecule has 5 heteroatoms. The van der Waals surface area contributed by atoms with Crippen LogP contribution in [-0.2, 0) is 16.1 Å². The monoisotopic (exact) mass is 275 g/mol. The van der Waals surface area contributed by atoms with Crippen molar-refractivity contribution in [2.75, 3.05) is 6.54 Å². The number of nitrogens with zero attached hydrogens (tertiary/aromatic N) is 1. The minimum Gasteiger partial charge on any atom is -0.479 e. The van der Waals surface area contributed by atoms with Crippen LogP contribution in [-0.4, -0.2) is 34.2 Å². The molecule has 2 fully saturated rings. The second kappa shape index (κ2) is 4.81. The predicted molar refractivity (Wildman–Crippen MR) is 71.0 cm³/mol. The van der Waals surface area contributed by atoms with Gasteiger partial charge in [0, 0.05) is 6.54 Å². The molecule has 0 bridgehead atoms. The topological polar surface area (TPSA) is 66.8 Å². The third-order valence-corrected chi connectivity index (χ3v) is 4.28. The molecular formula is C15H17NO4. The highest BCUT2D eigenvalue weighted by Gasteiger charge is 2.67. The highest BCUT2D eigenvalue weighted by Crippen LogP contribution is 2.54. The Labute approximate surface area is 117 Å². The van der Waals surface area contributed by atoms with Crippen LogP contribution in [0, 0.1) is 5.92 Å². The number of hydrogen-bond donors (Lipinski definition) is 1. The number of benzene rings is 1. The molecule has 1 amide bonds. The van der Waals surface area contributed by atoms with Crippen LogP contribution >= 0.6 is 0 Å². The Morgan fingerprint density at radius 2 is 2.10 bits per heavy atom. The molecule has 2 atom stereocenters. The molecule has 1 saturated carbocycles. The fourth-order valence-corrected chi connectivity index (χ4v) is 3.11. The average Bonchev–Trinajstić information content (AvgIpc) is 3.21. The fraction of sp³-hybridized carbons (Fsp3) is 0.467. The minimum atomic E-state index is -0.994. The molecule has 0 aromatic heterocycles. The minimum absolute atomic E-state index is 0.0954. The first kappa shape index (κ1) is 13.0. The number of hydrogen-bond acceptors (Lipinski definition) is 3. The number of likely N-dealkylation sites (tertiary alicyclic amines) is 1.